The van der Waals surface area contributed by atoms with Crippen molar-refractivity contribution in [1.29, 1.82) is 0 Å². The van der Waals surface area contributed by atoms with Crippen molar-refractivity contribution in [2.24, 2.45) is 0 Å². The van der Waals surface area contributed by atoms with Crippen LogP contribution < -0.4 is 4.74 Å². The average molecular weight is 328 g/mol. The molecule has 4 nitrogen and oxygen atoms in total. The van der Waals surface area contributed by atoms with Gasteiger partial charge in [-0.05, 0) is 47.7 Å². The minimum atomic E-state index is -0.911. The highest BCUT2D eigenvalue weighted by Crippen LogP contribution is 2.33. The van der Waals surface area contributed by atoms with Crippen LogP contribution in [0.25, 0.3) is 0 Å². The summed E-state index contributed by atoms with van der Waals surface area (Å²) in [6.45, 7) is 0.525. The second-order valence-corrected chi connectivity index (χ2v) is 6.24. The molecule has 0 unspecified atom stereocenters. The Hall–Kier alpha value is -2.27. The zero-order valence-electron chi connectivity index (χ0n) is 12.7. The third kappa shape index (κ3) is 3.24. The van der Waals surface area contributed by atoms with Crippen LogP contribution in [-0.4, -0.2) is 29.7 Å². The third-order valence-corrected chi connectivity index (χ3v) is 4.54. The first-order valence-corrected chi connectivity index (χ1v) is 8.50. The van der Waals surface area contributed by atoms with E-state index in [4.69, 9.17) is 9.84 Å². The van der Waals surface area contributed by atoms with Gasteiger partial charge in [-0.3, -0.25) is 9.59 Å². The monoisotopic (exact) mass is 328 g/mol. The lowest BCUT2D eigenvalue weighted by Gasteiger charge is -2.10. The molecule has 2 aromatic carbocycles. The molecule has 1 aliphatic heterocycles. The number of carbonyl (C=O) groups is 2. The molecule has 2 aromatic rings. The SMILES string of the molecule is CSc1ccc(C(=O)c2cc(CC(=O)O)cc3c2OCC3)cc1. The number of rotatable bonds is 5. The first kappa shape index (κ1) is 15.6. The number of thioether (sulfide) groups is 1. The molecule has 0 saturated carbocycles. The van der Waals surface area contributed by atoms with Crippen molar-refractivity contribution in [1.82, 2.24) is 0 Å². The molecule has 0 fully saturated rings. The zero-order chi connectivity index (χ0) is 16.4. The Balaban J connectivity index is 2.01. The minimum Gasteiger partial charge on any atom is -0.492 e. The quantitative estimate of drug-likeness (QED) is 0.674. The lowest BCUT2D eigenvalue weighted by Crippen LogP contribution is -2.07. The van der Waals surface area contributed by atoms with Gasteiger partial charge in [-0.1, -0.05) is 6.07 Å². The Morgan fingerprint density at radius 1 is 1.22 bits per heavy atom. The molecular formula is C18H16O4S. The van der Waals surface area contributed by atoms with E-state index in [0.29, 0.717) is 35.5 Å². The summed E-state index contributed by atoms with van der Waals surface area (Å²) in [5.41, 5.74) is 2.57. The maximum absolute atomic E-state index is 12.8. The van der Waals surface area contributed by atoms with Gasteiger partial charge in [-0.25, -0.2) is 0 Å². The molecule has 3 rings (SSSR count). The van der Waals surface area contributed by atoms with Crippen LogP contribution in [0.1, 0.15) is 27.0 Å². The molecule has 1 aliphatic rings. The number of carbonyl (C=O) groups excluding carboxylic acids is 1. The average Bonchev–Trinajstić information content (AvgIpc) is 3.01. The fraction of sp³-hybridized carbons (Fsp3) is 0.222. The van der Waals surface area contributed by atoms with Gasteiger partial charge in [0.15, 0.2) is 5.78 Å². The highest BCUT2D eigenvalue weighted by Gasteiger charge is 2.23. The number of carboxylic acids is 1. The van der Waals surface area contributed by atoms with Gasteiger partial charge in [0.1, 0.15) is 5.75 Å². The van der Waals surface area contributed by atoms with E-state index < -0.39 is 5.97 Å². The van der Waals surface area contributed by atoms with Crippen LogP contribution in [0.2, 0.25) is 0 Å². The molecule has 0 aliphatic carbocycles. The minimum absolute atomic E-state index is 0.0982. The highest BCUT2D eigenvalue weighted by atomic mass is 32.2. The van der Waals surface area contributed by atoms with E-state index in [1.165, 1.54) is 0 Å². The van der Waals surface area contributed by atoms with Gasteiger partial charge in [0.2, 0.25) is 0 Å². The van der Waals surface area contributed by atoms with E-state index in [1.54, 1.807) is 30.0 Å². The number of hydrogen-bond donors (Lipinski definition) is 1. The smallest absolute Gasteiger partial charge is 0.307 e. The molecule has 118 valence electrons. The van der Waals surface area contributed by atoms with Crippen LogP contribution in [0, 0.1) is 0 Å². The van der Waals surface area contributed by atoms with Crippen molar-refractivity contribution in [3.8, 4) is 5.75 Å². The van der Waals surface area contributed by atoms with E-state index in [9.17, 15) is 9.59 Å². The molecule has 1 N–H and O–H groups in total. The molecule has 0 atom stereocenters. The maximum Gasteiger partial charge on any atom is 0.307 e. The van der Waals surface area contributed by atoms with Crippen LogP contribution in [0.3, 0.4) is 0 Å². The van der Waals surface area contributed by atoms with Crippen molar-refractivity contribution < 1.29 is 19.4 Å². The van der Waals surface area contributed by atoms with Crippen LogP contribution in [0.15, 0.2) is 41.3 Å². The van der Waals surface area contributed by atoms with E-state index in [0.717, 1.165) is 10.5 Å². The van der Waals surface area contributed by atoms with E-state index in [2.05, 4.69) is 0 Å². The predicted molar refractivity (Wildman–Crippen MR) is 88.6 cm³/mol. The summed E-state index contributed by atoms with van der Waals surface area (Å²) in [4.78, 5) is 24.9. The van der Waals surface area contributed by atoms with Gasteiger partial charge < -0.3 is 9.84 Å². The largest absolute Gasteiger partial charge is 0.492 e. The molecule has 0 radical (unpaired) electrons. The zero-order valence-corrected chi connectivity index (χ0v) is 13.5. The molecule has 0 saturated heterocycles. The van der Waals surface area contributed by atoms with Crippen LogP contribution in [0.5, 0.6) is 5.75 Å². The van der Waals surface area contributed by atoms with Crippen molar-refractivity contribution in [2.75, 3.05) is 12.9 Å². The fourth-order valence-electron chi connectivity index (χ4n) is 2.72. The van der Waals surface area contributed by atoms with Crippen molar-refractivity contribution in [3.63, 3.8) is 0 Å². The molecular weight excluding hydrogens is 312 g/mol. The first-order valence-electron chi connectivity index (χ1n) is 7.27. The molecule has 1 heterocycles. The van der Waals surface area contributed by atoms with Crippen molar-refractivity contribution >= 4 is 23.5 Å². The summed E-state index contributed by atoms with van der Waals surface area (Å²) in [7, 11) is 0. The summed E-state index contributed by atoms with van der Waals surface area (Å²) in [6, 6.07) is 10.9. The van der Waals surface area contributed by atoms with Crippen LogP contribution in [-0.2, 0) is 17.6 Å². The molecule has 0 spiro atoms. The molecule has 5 heteroatoms. The molecule has 23 heavy (non-hydrogen) atoms. The lowest BCUT2D eigenvalue weighted by atomic mass is 9.96. The van der Waals surface area contributed by atoms with Gasteiger partial charge in [0.05, 0.1) is 18.6 Å². The summed E-state index contributed by atoms with van der Waals surface area (Å²) in [5, 5.41) is 9.00. The molecule has 0 aromatic heterocycles. The Morgan fingerprint density at radius 2 is 1.96 bits per heavy atom. The highest BCUT2D eigenvalue weighted by molar-refractivity contribution is 7.98. The predicted octanol–water partition coefficient (Wildman–Crippen LogP) is 3.20. The molecule has 0 bridgehead atoms. The van der Waals surface area contributed by atoms with Gasteiger partial charge in [-0.15, -0.1) is 11.8 Å². The van der Waals surface area contributed by atoms with Gasteiger partial charge >= 0.3 is 5.97 Å². The topological polar surface area (TPSA) is 63.6 Å². The van der Waals surface area contributed by atoms with Crippen LogP contribution in [0.4, 0.5) is 0 Å². The van der Waals surface area contributed by atoms with Gasteiger partial charge in [0, 0.05) is 16.9 Å². The van der Waals surface area contributed by atoms with Gasteiger partial charge in [0.25, 0.3) is 0 Å². The number of carboxylic acid groups (broad SMARTS) is 1. The first-order chi connectivity index (χ1) is 11.1. The normalized spacial score (nSPS) is 12.6. The number of hydrogen-bond acceptors (Lipinski definition) is 4. The second-order valence-electron chi connectivity index (χ2n) is 5.36. The number of ketones is 1. The van der Waals surface area contributed by atoms with Crippen molar-refractivity contribution in [3.05, 3.63) is 58.7 Å². The summed E-state index contributed by atoms with van der Waals surface area (Å²) in [6.07, 6.45) is 2.58. The van der Waals surface area contributed by atoms with E-state index in [-0.39, 0.29) is 12.2 Å². The van der Waals surface area contributed by atoms with Crippen molar-refractivity contribution in [2.45, 2.75) is 17.7 Å². The standard InChI is InChI=1S/C18H16O4S/c1-23-14-4-2-12(3-5-14)17(21)15-9-11(10-16(19)20)8-13-6-7-22-18(13)15/h2-5,8-9H,6-7,10H2,1H3,(H,19,20). The maximum atomic E-state index is 12.8. The van der Waals surface area contributed by atoms with Crippen LogP contribution >= 0.6 is 11.8 Å². The van der Waals surface area contributed by atoms with E-state index >= 15 is 0 Å². The summed E-state index contributed by atoms with van der Waals surface area (Å²) >= 11 is 1.61. The second kappa shape index (κ2) is 6.46. The van der Waals surface area contributed by atoms with E-state index in [1.807, 2.05) is 24.5 Å². The Morgan fingerprint density at radius 3 is 2.61 bits per heavy atom. The number of benzene rings is 2. The fourth-order valence-corrected chi connectivity index (χ4v) is 3.13. The Kier molecular flexibility index (Phi) is 4.39. The number of ether oxygens (including phenoxy) is 1. The van der Waals surface area contributed by atoms with Gasteiger partial charge in [-0.2, -0.15) is 0 Å². The number of aliphatic carboxylic acids is 1. The molecule has 0 amide bonds. The lowest BCUT2D eigenvalue weighted by molar-refractivity contribution is -0.136. The third-order valence-electron chi connectivity index (χ3n) is 3.80. The summed E-state index contributed by atoms with van der Waals surface area (Å²) in [5.74, 6) is -0.451. The summed E-state index contributed by atoms with van der Waals surface area (Å²) < 4.78 is 5.60. The Labute approximate surface area is 138 Å². The number of fused-ring (bicyclic) bond motifs is 1. The Bertz CT molecular complexity index is 765.